The maximum absolute atomic E-state index is 13.5. The zero-order valence-corrected chi connectivity index (χ0v) is 35.2. The summed E-state index contributed by atoms with van der Waals surface area (Å²) in [6, 6.07) is 0. The topological polar surface area (TPSA) is 193 Å². The van der Waals surface area contributed by atoms with Crippen LogP contribution in [0.2, 0.25) is 0 Å². The van der Waals surface area contributed by atoms with Gasteiger partial charge in [0.05, 0.1) is 31.0 Å². The smallest absolute Gasteiger partial charge is 0.330 e. The van der Waals surface area contributed by atoms with Gasteiger partial charge in [-0.2, -0.15) is 0 Å². The van der Waals surface area contributed by atoms with Crippen LogP contribution in [0.4, 0.5) is 0 Å². The molecule has 0 aliphatic carbocycles. The largest absolute Gasteiger partial charge is 0.459 e. The number of methoxy groups -OCH3 is 3. The van der Waals surface area contributed by atoms with Crippen molar-refractivity contribution in [3.05, 3.63) is 24.3 Å². The lowest BCUT2D eigenvalue weighted by Gasteiger charge is -2.44. The van der Waals surface area contributed by atoms with E-state index >= 15 is 0 Å². The number of ether oxygens (including phenoxy) is 11. The minimum atomic E-state index is -1.80. The molecule has 0 aromatic carbocycles. The van der Waals surface area contributed by atoms with Gasteiger partial charge in [-0.05, 0) is 52.2 Å². The minimum absolute atomic E-state index is 0.0112. The first-order valence-electron chi connectivity index (χ1n) is 20.0. The van der Waals surface area contributed by atoms with Gasteiger partial charge in [0, 0.05) is 58.5 Å². The van der Waals surface area contributed by atoms with Crippen molar-refractivity contribution in [3.8, 4) is 0 Å². The molecule has 324 valence electrons. The van der Waals surface area contributed by atoms with E-state index in [-0.39, 0.29) is 32.0 Å². The highest BCUT2D eigenvalue weighted by molar-refractivity contribution is 5.96. The first kappa shape index (κ1) is 46.9. The molecule has 4 heterocycles. The van der Waals surface area contributed by atoms with E-state index in [1.807, 2.05) is 20.8 Å². The van der Waals surface area contributed by atoms with Crippen molar-refractivity contribution < 1.29 is 76.4 Å². The molecule has 3 saturated heterocycles. The Bertz CT molecular complexity index is 1410. The monoisotopic (exact) mass is 812 g/mol. The van der Waals surface area contributed by atoms with Crippen LogP contribution in [0.15, 0.2) is 24.3 Å². The number of aliphatic hydroxyl groups is 1. The highest BCUT2D eigenvalue weighted by Gasteiger charge is 2.51. The van der Waals surface area contributed by atoms with Crippen LogP contribution >= 0.6 is 0 Å². The Hall–Kier alpha value is -2.80. The number of carbonyl (C=O) groups is 4. The summed E-state index contributed by atoms with van der Waals surface area (Å²) in [5, 5.41) is 11.5. The summed E-state index contributed by atoms with van der Waals surface area (Å²) in [4.78, 5) is 51.6. The van der Waals surface area contributed by atoms with Gasteiger partial charge in [-0.1, -0.05) is 33.8 Å². The van der Waals surface area contributed by atoms with Gasteiger partial charge in [0.15, 0.2) is 30.6 Å². The van der Waals surface area contributed by atoms with Gasteiger partial charge in [0.25, 0.3) is 0 Å². The Balaban J connectivity index is 1.57. The zero-order valence-electron chi connectivity index (χ0n) is 35.2. The highest BCUT2D eigenvalue weighted by atomic mass is 16.7. The maximum Gasteiger partial charge on any atom is 0.330 e. The molecular formula is C41H64O16. The van der Waals surface area contributed by atoms with E-state index in [0.29, 0.717) is 6.42 Å². The van der Waals surface area contributed by atoms with Crippen molar-refractivity contribution in [3.63, 3.8) is 0 Å². The number of hydrogen-bond donors (Lipinski definition) is 1. The lowest BCUT2D eigenvalue weighted by Crippen LogP contribution is -2.60. The third-order valence-electron chi connectivity index (χ3n) is 11.2. The second-order valence-corrected chi connectivity index (χ2v) is 15.8. The average Bonchev–Trinajstić information content (AvgIpc) is 3.94. The van der Waals surface area contributed by atoms with Crippen molar-refractivity contribution in [2.45, 2.75) is 166 Å². The van der Waals surface area contributed by atoms with E-state index < -0.39 is 121 Å². The molecule has 16 heteroatoms. The fourth-order valence-corrected chi connectivity index (χ4v) is 7.85. The highest BCUT2D eigenvalue weighted by Crippen LogP contribution is 2.37. The number of hydrogen-bond acceptors (Lipinski definition) is 16. The van der Waals surface area contributed by atoms with Crippen LogP contribution in [-0.4, -0.2) is 142 Å². The Morgan fingerprint density at radius 2 is 1.44 bits per heavy atom. The van der Waals surface area contributed by atoms with E-state index in [1.54, 1.807) is 39.8 Å². The average molecular weight is 813 g/mol. The molecule has 4 rings (SSSR count). The van der Waals surface area contributed by atoms with E-state index in [9.17, 15) is 24.3 Å². The van der Waals surface area contributed by atoms with Crippen molar-refractivity contribution in [2.75, 3.05) is 27.9 Å². The molecule has 16 nitrogen and oxygen atoms in total. The van der Waals surface area contributed by atoms with Crippen LogP contribution in [-0.2, 0) is 71.3 Å². The van der Waals surface area contributed by atoms with Gasteiger partial charge in [-0.15, -0.1) is 0 Å². The SMILES string of the molecule is CCC(=O)O[C@@H]1[C@@H](O[C@@H]2[C@H](C)C[C@@](C)(O)C(=O)/C=C/[C@H]3O[C@@H]3[C@H](CO[C@@H]3O[C@H](C)[C@@H](OC(=O)CC)[C@@H](OC)[C@H]3OC)[C@H](C)OC(=O)/C=C/[C@@H]2C)O[C@@H](C)C[C@H]1OC. The Morgan fingerprint density at radius 1 is 0.789 bits per heavy atom. The number of cyclic esters (lactones) is 1. The zero-order chi connectivity index (χ0) is 42.2. The van der Waals surface area contributed by atoms with Gasteiger partial charge in [-0.25, -0.2) is 4.79 Å². The molecular weight excluding hydrogens is 748 g/mol. The second-order valence-electron chi connectivity index (χ2n) is 15.8. The van der Waals surface area contributed by atoms with Crippen LogP contribution in [0.5, 0.6) is 0 Å². The fourth-order valence-electron chi connectivity index (χ4n) is 7.85. The molecule has 0 aromatic rings. The standard InChI is InChI=1S/C41H64O16/c1-12-30(43)55-34-25(7)53-39(38(49-11)37(34)48-10)50-20-26-24(6)52-32(45)17-14-21(3)33(22(4)19-41(8,46)29(42)16-15-27-35(26)54-27)57-40-36(56-31(44)13-2)28(47-9)18-23(5)51-40/h14-17,21-28,33-40,46H,12-13,18-20H2,1-11H3/b16-15+,17-14+/t21-,22+,23-,24-,25+,26+,27+,28+,33-,34+,35+,36-,37+,38+,39+,40+,41+/m0/s1. The van der Waals surface area contributed by atoms with E-state index in [0.717, 1.165) is 0 Å². The predicted molar refractivity (Wildman–Crippen MR) is 201 cm³/mol. The molecule has 0 unspecified atom stereocenters. The van der Waals surface area contributed by atoms with Crippen LogP contribution in [0.25, 0.3) is 0 Å². The van der Waals surface area contributed by atoms with Gasteiger partial charge in [0.1, 0.15) is 36.1 Å². The van der Waals surface area contributed by atoms with Crippen molar-refractivity contribution >= 4 is 23.7 Å². The number of carbonyl (C=O) groups excluding carboxylic acids is 4. The van der Waals surface area contributed by atoms with E-state index in [1.165, 1.54) is 40.4 Å². The van der Waals surface area contributed by atoms with E-state index in [2.05, 4.69) is 0 Å². The molecule has 0 radical (unpaired) electrons. The summed E-state index contributed by atoms with van der Waals surface area (Å²) in [6.45, 7) is 13.8. The Labute approximate surface area is 336 Å². The molecule has 4 aliphatic heterocycles. The van der Waals surface area contributed by atoms with Crippen LogP contribution in [0.1, 0.15) is 81.1 Å². The van der Waals surface area contributed by atoms with Gasteiger partial charge in [-0.3, -0.25) is 14.4 Å². The first-order chi connectivity index (χ1) is 27.0. The summed E-state index contributed by atoms with van der Waals surface area (Å²) < 4.78 is 65.6. The molecule has 0 bridgehead atoms. The van der Waals surface area contributed by atoms with Gasteiger partial charge in [0.2, 0.25) is 0 Å². The third-order valence-corrected chi connectivity index (χ3v) is 11.2. The van der Waals surface area contributed by atoms with Crippen molar-refractivity contribution in [1.82, 2.24) is 0 Å². The van der Waals surface area contributed by atoms with Gasteiger partial charge < -0.3 is 57.2 Å². The molecule has 3 fully saturated rings. The Kier molecular flexibility index (Phi) is 17.2. The summed E-state index contributed by atoms with van der Waals surface area (Å²) in [6.07, 6.45) is -2.39. The van der Waals surface area contributed by atoms with Crippen LogP contribution in [0, 0.1) is 17.8 Å². The number of rotatable bonds is 12. The summed E-state index contributed by atoms with van der Waals surface area (Å²) in [7, 11) is 4.49. The normalized spacial score (nSPS) is 42.9. The van der Waals surface area contributed by atoms with Gasteiger partial charge >= 0.3 is 17.9 Å². The van der Waals surface area contributed by atoms with E-state index in [4.69, 9.17) is 52.1 Å². The molecule has 0 aromatic heterocycles. The molecule has 0 spiro atoms. The number of esters is 3. The quantitative estimate of drug-likeness (QED) is 0.171. The third kappa shape index (κ3) is 12.1. The van der Waals surface area contributed by atoms with Crippen LogP contribution < -0.4 is 0 Å². The number of epoxide rings is 1. The molecule has 57 heavy (non-hydrogen) atoms. The lowest BCUT2D eigenvalue weighted by atomic mass is 9.82. The molecule has 1 N–H and O–H groups in total. The lowest BCUT2D eigenvalue weighted by molar-refractivity contribution is -0.307. The molecule has 4 aliphatic rings. The molecule has 17 atom stereocenters. The fraction of sp³-hybridized carbons (Fsp3) is 0.805. The predicted octanol–water partition coefficient (Wildman–Crippen LogP) is 3.38. The molecule has 0 amide bonds. The second kappa shape index (κ2) is 20.9. The van der Waals surface area contributed by atoms with Crippen molar-refractivity contribution in [1.29, 1.82) is 0 Å². The molecule has 0 saturated carbocycles. The maximum atomic E-state index is 13.5. The number of fused-ring (bicyclic) bond motifs is 1. The number of ketones is 1. The Morgan fingerprint density at radius 3 is 2.05 bits per heavy atom. The summed E-state index contributed by atoms with van der Waals surface area (Å²) in [5.41, 5.74) is -1.80. The minimum Gasteiger partial charge on any atom is -0.459 e. The van der Waals surface area contributed by atoms with Crippen LogP contribution in [0.3, 0.4) is 0 Å². The summed E-state index contributed by atoms with van der Waals surface area (Å²) >= 11 is 0. The summed E-state index contributed by atoms with van der Waals surface area (Å²) in [5.74, 6) is -3.50. The first-order valence-corrected chi connectivity index (χ1v) is 20.0. The van der Waals surface area contributed by atoms with Crippen molar-refractivity contribution in [2.24, 2.45) is 17.8 Å².